The molecular formula is C19H19ClN4O2. The van der Waals surface area contributed by atoms with Gasteiger partial charge in [0.1, 0.15) is 0 Å². The van der Waals surface area contributed by atoms with Gasteiger partial charge in [0.15, 0.2) is 0 Å². The van der Waals surface area contributed by atoms with E-state index in [1.54, 1.807) is 29.2 Å². The quantitative estimate of drug-likeness (QED) is 0.719. The number of hydrogen-bond acceptors (Lipinski definition) is 2. The Labute approximate surface area is 155 Å². The van der Waals surface area contributed by atoms with Crippen LogP contribution >= 0.6 is 11.6 Å². The van der Waals surface area contributed by atoms with Crippen LogP contribution in [0.3, 0.4) is 0 Å². The predicted octanol–water partition coefficient (Wildman–Crippen LogP) is 3.85. The van der Waals surface area contributed by atoms with E-state index in [0.717, 1.165) is 29.6 Å². The van der Waals surface area contributed by atoms with E-state index in [4.69, 9.17) is 11.6 Å². The Kier molecular flexibility index (Phi) is 4.42. The number of nitrogens with one attached hydrogen (secondary N) is 2. The molecular weight excluding hydrogens is 352 g/mol. The van der Waals surface area contributed by atoms with Gasteiger partial charge in [0, 0.05) is 29.8 Å². The molecule has 2 aromatic carbocycles. The molecule has 1 aromatic heterocycles. The van der Waals surface area contributed by atoms with E-state index in [-0.39, 0.29) is 17.8 Å². The third-order valence-electron chi connectivity index (χ3n) is 4.84. The molecule has 0 spiro atoms. The minimum atomic E-state index is -0.128. The van der Waals surface area contributed by atoms with Crippen molar-refractivity contribution in [3.8, 4) is 0 Å². The molecule has 3 aromatic rings. The standard InChI is InChI=1S/C19H19ClN4O2/c20-13-5-7-14(8-6-13)21-18(25)23-11-9-15(10-12-23)24-17-4-2-1-3-16(17)22-19(24)26/h1-8,15H,9-12H2,(H,21,25)(H,22,26). The minimum absolute atomic E-state index is 0.0877. The topological polar surface area (TPSA) is 70.1 Å². The number of carbonyl (C=O) groups is 1. The summed E-state index contributed by atoms with van der Waals surface area (Å²) in [7, 11) is 0. The maximum Gasteiger partial charge on any atom is 0.326 e. The number of likely N-dealkylation sites (tertiary alicyclic amines) is 1. The molecule has 1 aliphatic rings. The highest BCUT2D eigenvalue weighted by Crippen LogP contribution is 2.25. The molecule has 0 atom stereocenters. The average molecular weight is 371 g/mol. The summed E-state index contributed by atoms with van der Waals surface area (Å²) in [6.45, 7) is 1.21. The zero-order valence-electron chi connectivity index (χ0n) is 14.1. The molecule has 26 heavy (non-hydrogen) atoms. The van der Waals surface area contributed by atoms with Crippen molar-refractivity contribution in [2.75, 3.05) is 18.4 Å². The van der Waals surface area contributed by atoms with Crippen LogP contribution in [0.1, 0.15) is 18.9 Å². The van der Waals surface area contributed by atoms with Gasteiger partial charge in [-0.1, -0.05) is 23.7 Å². The maximum absolute atomic E-state index is 12.4. The Morgan fingerprint density at radius 2 is 1.77 bits per heavy atom. The molecule has 2 heterocycles. The van der Waals surface area contributed by atoms with Gasteiger partial charge in [-0.3, -0.25) is 4.57 Å². The second kappa shape index (κ2) is 6.88. The first-order valence-electron chi connectivity index (χ1n) is 8.62. The third-order valence-corrected chi connectivity index (χ3v) is 5.09. The highest BCUT2D eigenvalue weighted by atomic mass is 35.5. The first-order chi connectivity index (χ1) is 12.6. The van der Waals surface area contributed by atoms with Crippen LogP contribution in [0.4, 0.5) is 10.5 Å². The van der Waals surface area contributed by atoms with Crippen LogP contribution in [0.15, 0.2) is 53.3 Å². The lowest BCUT2D eigenvalue weighted by atomic mass is 10.0. The number of carbonyl (C=O) groups excluding carboxylic acids is 1. The van der Waals surface area contributed by atoms with Gasteiger partial charge >= 0.3 is 11.7 Å². The predicted molar refractivity (Wildman–Crippen MR) is 103 cm³/mol. The van der Waals surface area contributed by atoms with E-state index in [1.165, 1.54) is 0 Å². The van der Waals surface area contributed by atoms with Gasteiger partial charge in [-0.2, -0.15) is 0 Å². The van der Waals surface area contributed by atoms with Crippen molar-refractivity contribution in [2.45, 2.75) is 18.9 Å². The van der Waals surface area contributed by atoms with Crippen molar-refractivity contribution in [1.29, 1.82) is 0 Å². The van der Waals surface area contributed by atoms with Gasteiger partial charge in [-0.25, -0.2) is 9.59 Å². The lowest BCUT2D eigenvalue weighted by Gasteiger charge is -2.32. The van der Waals surface area contributed by atoms with E-state index in [2.05, 4.69) is 10.3 Å². The average Bonchev–Trinajstić information content (AvgIpc) is 2.99. The number of rotatable bonds is 2. The summed E-state index contributed by atoms with van der Waals surface area (Å²) < 4.78 is 1.82. The second-order valence-electron chi connectivity index (χ2n) is 6.47. The van der Waals surface area contributed by atoms with Crippen molar-refractivity contribution < 1.29 is 4.79 Å². The molecule has 134 valence electrons. The number of piperidine rings is 1. The van der Waals surface area contributed by atoms with Crippen molar-refractivity contribution in [3.05, 3.63) is 64.0 Å². The van der Waals surface area contributed by atoms with Crippen LogP contribution < -0.4 is 11.0 Å². The van der Waals surface area contributed by atoms with E-state index >= 15 is 0 Å². The number of nitrogens with zero attached hydrogens (tertiary/aromatic N) is 2. The summed E-state index contributed by atoms with van der Waals surface area (Å²) in [5.41, 5.74) is 2.40. The lowest BCUT2D eigenvalue weighted by Crippen LogP contribution is -2.42. The number of halogens is 1. The van der Waals surface area contributed by atoms with Crippen molar-refractivity contribution in [1.82, 2.24) is 14.5 Å². The number of H-pyrrole nitrogens is 1. The molecule has 0 aliphatic carbocycles. The molecule has 1 saturated heterocycles. The van der Waals surface area contributed by atoms with Gasteiger partial charge < -0.3 is 15.2 Å². The van der Waals surface area contributed by atoms with Crippen LogP contribution in [0.2, 0.25) is 5.02 Å². The second-order valence-corrected chi connectivity index (χ2v) is 6.91. The van der Waals surface area contributed by atoms with Crippen molar-refractivity contribution in [2.24, 2.45) is 0 Å². The van der Waals surface area contributed by atoms with E-state index in [0.29, 0.717) is 18.1 Å². The van der Waals surface area contributed by atoms with Gasteiger partial charge in [0.2, 0.25) is 0 Å². The highest BCUT2D eigenvalue weighted by Gasteiger charge is 2.26. The number of hydrogen-bond donors (Lipinski definition) is 2. The molecule has 2 N–H and O–H groups in total. The zero-order chi connectivity index (χ0) is 18.1. The van der Waals surface area contributed by atoms with E-state index < -0.39 is 0 Å². The molecule has 2 amide bonds. The summed E-state index contributed by atoms with van der Waals surface area (Å²) in [4.78, 5) is 29.4. The molecule has 0 saturated carbocycles. The first-order valence-corrected chi connectivity index (χ1v) is 9.00. The van der Waals surface area contributed by atoms with E-state index in [9.17, 15) is 9.59 Å². The van der Waals surface area contributed by atoms with Gasteiger partial charge in [0.05, 0.1) is 11.0 Å². The summed E-state index contributed by atoms with van der Waals surface area (Å²) in [5.74, 6) is 0. The van der Waals surface area contributed by atoms with E-state index in [1.807, 2.05) is 28.8 Å². The fourth-order valence-electron chi connectivity index (χ4n) is 3.50. The fourth-order valence-corrected chi connectivity index (χ4v) is 3.63. The molecule has 1 aliphatic heterocycles. The Balaban J connectivity index is 1.43. The number of fused-ring (bicyclic) bond motifs is 1. The number of aromatic amines is 1. The summed E-state index contributed by atoms with van der Waals surface area (Å²) in [6, 6.07) is 14.7. The fraction of sp³-hybridized carbons (Fsp3) is 0.263. The number of benzene rings is 2. The number of imidazole rings is 1. The SMILES string of the molecule is O=C(Nc1ccc(Cl)cc1)N1CCC(n2c(=O)[nH]c3ccccc32)CC1. The molecule has 0 radical (unpaired) electrons. The van der Waals surface area contributed by atoms with Gasteiger partial charge in [-0.05, 0) is 49.2 Å². The molecule has 1 fully saturated rings. The van der Waals surface area contributed by atoms with Crippen LogP contribution in [0.25, 0.3) is 11.0 Å². The maximum atomic E-state index is 12.4. The zero-order valence-corrected chi connectivity index (χ0v) is 14.9. The Morgan fingerprint density at radius 1 is 1.08 bits per heavy atom. The third kappa shape index (κ3) is 3.20. The molecule has 0 unspecified atom stereocenters. The summed E-state index contributed by atoms with van der Waals surface area (Å²) in [6.07, 6.45) is 1.49. The summed E-state index contributed by atoms with van der Waals surface area (Å²) >= 11 is 5.86. The molecule has 4 rings (SSSR count). The smallest absolute Gasteiger partial charge is 0.324 e. The molecule has 7 heteroatoms. The summed E-state index contributed by atoms with van der Waals surface area (Å²) in [5, 5.41) is 3.52. The minimum Gasteiger partial charge on any atom is -0.324 e. The van der Waals surface area contributed by atoms with Crippen LogP contribution in [-0.2, 0) is 0 Å². The van der Waals surface area contributed by atoms with Gasteiger partial charge in [-0.15, -0.1) is 0 Å². The number of aromatic nitrogens is 2. The van der Waals surface area contributed by atoms with Crippen LogP contribution in [0, 0.1) is 0 Å². The lowest BCUT2D eigenvalue weighted by molar-refractivity contribution is 0.184. The number of para-hydroxylation sites is 2. The normalized spacial score (nSPS) is 15.3. The van der Waals surface area contributed by atoms with Gasteiger partial charge in [0.25, 0.3) is 0 Å². The number of urea groups is 1. The Morgan fingerprint density at radius 3 is 2.50 bits per heavy atom. The number of anilines is 1. The first kappa shape index (κ1) is 16.7. The van der Waals surface area contributed by atoms with Crippen LogP contribution in [0.5, 0.6) is 0 Å². The Bertz CT molecular complexity index is 985. The van der Waals surface area contributed by atoms with Crippen molar-refractivity contribution >= 4 is 34.4 Å². The highest BCUT2D eigenvalue weighted by molar-refractivity contribution is 6.30. The Hall–Kier alpha value is -2.73. The van der Waals surface area contributed by atoms with Crippen LogP contribution in [-0.4, -0.2) is 33.6 Å². The number of amides is 2. The largest absolute Gasteiger partial charge is 0.326 e. The van der Waals surface area contributed by atoms with Crippen molar-refractivity contribution in [3.63, 3.8) is 0 Å². The molecule has 0 bridgehead atoms. The molecule has 6 nitrogen and oxygen atoms in total. The monoisotopic (exact) mass is 370 g/mol.